The Bertz CT molecular complexity index is 1150. The van der Waals surface area contributed by atoms with Gasteiger partial charge in [0.1, 0.15) is 5.65 Å². The zero-order chi connectivity index (χ0) is 19.8. The Morgan fingerprint density at radius 3 is 2.64 bits per heavy atom. The quantitative estimate of drug-likeness (QED) is 0.550. The lowest BCUT2D eigenvalue weighted by molar-refractivity contribution is -0.384. The molecule has 2 aromatic heterocycles. The maximum Gasteiger partial charge on any atom is 0.407 e. The molecule has 1 aliphatic rings. The summed E-state index contributed by atoms with van der Waals surface area (Å²) in [6.45, 7) is 0.553. The van der Waals surface area contributed by atoms with Crippen molar-refractivity contribution in [3.8, 4) is 0 Å². The lowest BCUT2D eigenvalue weighted by Crippen LogP contribution is -2.40. The van der Waals surface area contributed by atoms with E-state index < -0.39 is 11.0 Å². The Kier molecular flexibility index (Phi) is 4.26. The van der Waals surface area contributed by atoms with Crippen molar-refractivity contribution in [2.75, 3.05) is 6.54 Å². The van der Waals surface area contributed by atoms with E-state index >= 15 is 0 Å². The molecule has 9 heteroatoms. The topological polar surface area (TPSA) is 119 Å². The molecule has 3 aromatic rings. The number of carbonyl (C=O) groups is 1. The second-order valence-corrected chi connectivity index (χ2v) is 6.60. The molecule has 0 spiro atoms. The van der Waals surface area contributed by atoms with Gasteiger partial charge in [-0.15, -0.1) is 0 Å². The first-order valence-electron chi connectivity index (χ1n) is 8.66. The number of nitro groups is 1. The lowest BCUT2D eigenvalue weighted by atomic mass is 9.97. The van der Waals surface area contributed by atoms with Gasteiger partial charge < -0.3 is 10.0 Å². The summed E-state index contributed by atoms with van der Waals surface area (Å²) in [5.74, 6) is 0. The van der Waals surface area contributed by atoms with E-state index in [1.807, 2.05) is 6.07 Å². The molecule has 0 saturated heterocycles. The smallest absolute Gasteiger partial charge is 0.407 e. The van der Waals surface area contributed by atoms with Crippen LogP contribution in [0.4, 0.5) is 10.5 Å². The molecule has 0 bridgehead atoms. The van der Waals surface area contributed by atoms with E-state index in [1.54, 1.807) is 24.4 Å². The normalized spacial score (nSPS) is 13.4. The highest BCUT2D eigenvalue weighted by Crippen LogP contribution is 2.25. The number of hydrogen-bond donors (Lipinski definition) is 1. The monoisotopic (exact) mass is 380 g/mol. The van der Waals surface area contributed by atoms with Crippen LogP contribution in [0.1, 0.15) is 16.7 Å². The van der Waals surface area contributed by atoms with Crippen LogP contribution in [0.5, 0.6) is 0 Å². The number of amides is 1. The number of rotatable bonds is 3. The number of benzene rings is 1. The van der Waals surface area contributed by atoms with Crippen LogP contribution in [0.3, 0.4) is 0 Å². The average Bonchev–Trinajstić information content (AvgIpc) is 2.71. The van der Waals surface area contributed by atoms with Gasteiger partial charge in [-0.1, -0.05) is 12.1 Å². The molecule has 0 fully saturated rings. The Morgan fingerprint density at radius 1 is 1.21 bits per heavy atom. The van der Waals surface area contributed by atoms with Gasteiger partial charge in [0, 0.05) is 35.8 Å². The van der Waals surface area contributed by atoms with Crippen molar-refractivity contribution in [2.45, 2.75) is 19.5 Å². The second kappa shape index (κ2) is 6.76. The van der Waals surface area contributed by atoms with E-state index in [1.165, 1.54) is 21.6 Å². The summed E-state index contributed by atoms with van der Waals surface area (Å²) in [6, 6.07) is 9.64. The predicted molar refractivity (Wildman–Crippen MR) is 100 cm³/mol. The van der Waals surface area contributed by atoms with Gasteiger partial charge in [0.2, 0.25) is 0 Å². The minimum atomic E-state index is -1.06. The van der Waals surface area contributed by atoms with E-state index in [4.69, 9.17) is 0 Å². The number of aromatic nitrogens is 2. The van der Waals surface area contributed by atoms with Crippen molar-refractivity contribution in [1.29, 1.82) is 0 Å². The van der Waals surface area contributed by atoms with Crippen molar-refractivity contribution in [1.82, 2.24) is 14.5 Å². The molecule has 0 atom stereocenters. The number of fused-ring (bicyclic) bond motifs is 3. The molecule has 0 unspecified atom stereocenters. The average molecular weight is 380 g/mol. The first-order chi connectivity index (χ1) is 13.5. The SMILES string of the molecule is O=C(O)N1CCc2c(c(=O)n(Cc3ccc([N+](=O)[O-])cc3)c3ncccc23)C1. The molecule has 0 saturated carbocycles. The summed E-state index contributed by atoms with van der Waals surface area (Å²) in [5.41, 5.74) is 2.22. The number of non-ortho nitro benzene ring substituents is 1. The standard InChI is InChI=1S/C19H16N4O5/c24-18-16-11-21(19(25)26)9-7-14(16)15-2-1-8-20-17(15)22(18)10-12-3-5-13(6-4-12)23(27)28/h1-6,8H,7,9-11H2,(H,25,26). The number of pyridine rings is 2. The summed E-state index contributed by atoms with van der Waals surface area (Å²) >= 11 is 0. The molecule has 1 N–H and O–H groups in total. The highest BCUT2D eigenvalue weighted by atomic mass is 16.6. The Balaban J connectivity index is 1.84. The molecule has 142 valence electrons. The van der Waals surface area contributed by atoms with Crippen molar-refractivity contribution in [2.24, 2.45) is 0 Å². The zero-order valence-electron chi connectivity index (χ0n) is 14.7. The third-order valence-corrected chi connectivity index (χ3v) is 4.97. The lowest BCUT2D eigenvalue weighted by Gasteiger charge is -2.27. The second-order valence-electron chi connectivity index (χ2n) is 6.60. The first kappa shape index (κ1) is 17.7. The van der Waals surface area contributed by atoms with Crippen molar-refractivity contribution in [3.63, 3.8) is 0 Å². The van der Waals surface area contributed by atoms with Gasteiger partial charge >= 0.3 is 6.09 Å². The van der Waals surface area contributed by atoms with Crippen LogP contribution in [0.2, 0.25) is 0 Å². The van der Waals surface area contributed by atoms with Crippen LogP contribution in [-0.4, -0.2) is 37.1 Å². The summed E-state index contributed by atoms with van der Waals surface area (Å²) in [4.78, 5) is 40.5. The van der Waals surface area contributed by atoms with Gasteiger partial charge in [-0.25, -0.2) is 9.78 Å². The molecule has 0 radical (unpaired) electrons. The minimum Gasteiger partial charge on any atom is -0.465 e. The fourth-order valence-electron chi connectivity index (χ4n) is 3.58. The number of nitrogens with zero attached hydrogens (tertiary/aromatic N) is 4. The minimum absolute atomic E-state index is 0.0263. The maximum absolute atomic E-state index is 13.2. The van der Waals surface area contributed by atoms with E-state index in [-0.39, 0.29) is 24.3 Å². The third kappa shape index (κ3) is 2.96. The molecular weight excluding hydrogens is 364 g/mol. The highest BCUT2D eigenvalue weighted by molar-refractivity contribution is 5.81. The van der Waals surface area contributed by atoms with Crippen LogP contribution in [0.25, 0.3) is 11.0 Å². The van der Waals surface area contributed by atoms with E-state index in [0.717, 1.165) is 10.9 Å². The van der Waals surface area contributed by atoms with Gasteiger partial charge in [-0.05, 0) is 29.7 Å². The van der Waals surface area contributed by atoms with Crippen LogP contribution in [-0.2, 0) is 19.5 Å². The van der Waals surface area contributed by atoms with Gasteiger partial charge in [0.05, 0.1) is 18.0 Å². The van der Waals surface area contributed by atoms with Gasteiger partial charge in [0.15, 0.2) is 0 Å². The third-order valence-electron chi connectivity index (χ3n) is 4.97. The Labute approximate surface area is 158 Å². The van der Waals surface area contributed by atoms with Crippen LogP contribution in [0, 0.1) is 10.1 Å². The molecule has 1 aliphatic heterocycles. The molecule has 3 heterocycles. The molecule has 28 heavy (non-hydrogen) atoms. The summed E-state index contributed by atoms with van der Waals surface area (Å²) in [7, 11) is 0. The van der Waals surface area contributed by atoms with E-state index in [0.29, 0.717) is 29.7 Å². The van der Waals surface area contributed by atoms with Crippen molar-refractivity contribution >= 4 is 22.8 Å². The molecule has 0 aliphatic carbocycles. The molecule has 4 rings (SSSR count). The van der Waals surface area contributed by atoms with Crippen molar-refractivity contribution < 1.29 is 14.8 Å². The first-order valence-corrected chi connectivity index (χ1v) is 8.66. The number of nitro benzene ring substituents is 1. The van der Waals surface area contributed by atoms with Crippen LogP contribution in [0.15, 0.2) is 47.4 Å². The number of hydrogen-bond acceptors (Lipinski definition) is 5. The van der Waals surface area contributed by atoms with E-state index in [2.05, 4.69) is 4.98 Å². The molecule has 1 aromatic carbocycles. The fraction of sp³-hybridized carbons (Fsp3) is 0.211. The van der Waals surface area contributed by atoms with E-state index in [9.17, 15) is 24.8 Å². The van der Waals surface area contributed by atoms with Crippen LogP contribution >= 0.6 is 0 Å². The number of carboxylic acid groups (broad SMARTS) is 1. The summed E-state index contributed by atoms with van der Waals surface area (Å²) < 4.78 is 1.50. The van der Waals surface area contributed by atoms with Gasteiger partial charge in [0.25, 0.3) is 11.2 Å². The van der Waals surface area contributed by atoms with Gasteiger partial charge in [-0.3, -0.25) is 19.5 Å². The fourth-order valence-corrected chi connectivity index (χ4v) is 3.58. The maximum atomic E-state index is 13.2. The predicted octanol–water partition coefficient (Wildman–Crippen LogP) is 2.39. The molecular formula is C19H16N4O5. The zero-order valence-corrected chi connectivity index (χ0v) is 14.7. The van der Waals surface area contributed by atoms with Crippen LogP contribution < -0.4 is 5.56 Å². The molecule has 1 amide bonds. The Hall–Kier alpha value is -3.75. The van der Waals surface area contributed by atoms with Crippen molar-refractivity contribution in [3.05, 3.63) is 79.8 Å². The summed E-state index contributed by atoms with van der Waals surface area (Å²) in [5, 5.41) is 20.9. The Morgan fingerprint density at radius 2 is 1.96 bits per heavy atom. The van der Waals surface area contributed by atoms with Gasteiger partial charge in [-0.2, -0.15) is 0 Å². The largest absolute Gasteiger partial charge is 0.465 e. The molecule has 9 nitrogen and oxygen atoms in total. The highest BCUT2D eigenvalue weighted by Gasteiger charge is 2.26. The summed E-state index contributed by atoms with van der Waals surface area (Å²) in [6.07, 6.45) is 1.00.